The van der Waals surface area contributed by atoms with E-state index in [1.807, 2.05) is 6.08 Å². The third kappa shape index (κ3) is 1.15. The zero-order valence-corrected chi connectivity index (χ0v) is 5.65. The lowest BCUT2D eigenvalue weighted by Crippen LogP contribution is -2.24. The molecule has 1 heterocycles. The normalized spacial score (nSPS) is 16.9. The van der Waals surface area contributed by atoms with Crippen LogP contribution in [0.15, 0.2) is 24.0 Å². The van der Waals surface area contributed by atoms with Crippen molar-refractivity contribution in [1.82, 2.24) is 4.90 Å². The van der Waals surface area contributed by atoms with Crippen molar-refractivity contribution in [2.45, 2.75) is 0 Å². The molecule has 0 amide bonds. The molecule has 4 nitrogen and oxygen atoms in total. The van der Waals surface area contributed by atoms with Gasteiger partial charge in [-0.3, -0.25) is 4.90 Å². The lowest BCUT2D eigenvalue weighted by atomic mass is 10.3. The Labute approximate surface area is 58.6 Å². The Bertz CT molecular complexity index is 208. The van der Waals surface area contributed by atoms with Crippen LogP contribution in [0.1, 0.15) is 0 Å². The van der Waals surface area contributed by atoms with Crippen molar-refractivity contribution in [3.8, 4) is 0 Å². The van der Waals surface area contributed by atoms with Crippen LogP contribution in [0.2, 0.25) is 0 Å². The minimum atomic E-state index is -0.385. The summed E-state index contributed by atoms with van der Waals surface area (Å²) in [7, 11) is 1.69. The van der Waals surface area contributed by atoms with Crippen molar-refractivity contribution in [1.29, 1.82) is 0 Å². The van der Waals surface area contributed by atoms with Crippen LogP contribution in [0.4, 0.5) is 0 Å². The molecule has 10 heavy (non-hydrogen) atoms. The maximum Gasteiger partial charge on any atom is 0.318 e. The Morgan fingerprint density at radius 2 is 2.50 bits per heavy atom. The summed E-state index contributed by atoms with van der Waals surface area (Å²) in [5.74, 6) is 0.155. The van der Waals surface area contributed by atoms with E-state index in [9.17, 15) is 10.1 Å². The molecule has 0 N–H and O–H groups in total. The van der Waals surface area contributed by atoms with Crippen LogP contribution in [0.3, 0.4) is 0 Å². The van der Waals surface area contributed by atoms with Gasteiger partial charge in [0.25, 0.3) is 0 Å². The molecule has 0 saturated heterocycles. The number of allylic oxidation sites excluding steroid dienone is 2. The van der Waals surface area contributed by atoms with Crippen molar-refractivity contribution < 1.29 is 4.92 Å². The minimum absolute atomic E-state index is 0.155. The largest absolute Gasteiger partial charge is 0.358 e. The van der Waals surface area contributed by atoms with Crippen LogP contribution in [-0.2, 0) is 0 Å². The molecule has 0 aromatic rings. The standard InChI is InChI=1S/C6H8N2O2/c1-7-5-3-2-4-6(7)8(9)10/h2-4H,5H2,1H3. The van der Waals surface area contributed by atoms with E-state index in [0.717, 1.165) is 0 Å². The summed E-state index contributed by atoms with van der Waals surface area (Å²) in [6, 6.07) is 0. The van der Waals surface area contributed by atoms with E-state index >= 15 is 0 Å². The number of nitro groups is 1. The highest BCUT2D eigenvalue weighted by Gasteiger charge is 2.15. The molecule has 0 saturated carbocycles. The fourth-order valence-electron chi connectivity index (χ4n) is 0.794. The number of rotatable bonds is 1. The van der Waals surface area contributed by atoms with Crippen LogP contribution < -0.4 is 0 Å². The molecule has 4 heteroatoms. The molecule has 0 fully saturated rings. The van der Waals surface area contributed by atoms with E-state index < -0.39 is 0 Å². The second-order valence-electron chi connectivity index (χ2n) is 2.09. The number of nitrogens with zero attached hydrogens (tertiary/aromatic N) is 2. The third-order valence-corrected chi connectivity index (χ3v) is 1.34. The SMILES string of the molecule is CN1CC=CC=C1[N+](=O)[O-]. The van der Waals surface area contributed by atoms with Crippen molar-refractivity contribution in [3.05, 3.63) is 34.2 Å². The molecule has 0 atom stereocenters. The summed E-state index contributed by atoms with van der Waals surface area (Å²) in [4.78, 5) is 11.4. The zero-order valence-electron chi connectivity index (χ0n) is 5.65. The molecule has 1 aliphatic heterocycles. The Kier molecular flexibility index (Phi) is 1.71. The van der Waals surface area contributed by atoms with E-state index in [1.54, 1.807) is 18.0 Å². The molecule has 0 aliphatic carbocycles. The van der Waals surface area contributed by atoms with Crippen LogP contribution in [0.25, 0.3) is 0 Å². The maximum absolute atomic E-state index is 10.2. The number of likely N-dealkylation sites (N-methyl/N-ethyl adjacent to an activating group) is 1. The van der Waals surface area contributed by atoms with Gasteiger partial charge >= 0.3 is 5.82 Å². The van der Waals surface area contributed by atoms with Gasteiger partial charge in [-0.25, -0.2) is 0 Å². The lowest BCUT2D eigenvalue weighted by molar-refractivity contribution is -0.445. The highest BCUT2D eigenvalue weighted by Crippen LogP contribution is 2.06. The Morgan fingerprint density at radius 1 is 1.80 bits per heavy atom. The first kappa shape index (κ1) is 6.80. The van der Waals surface area contributed by atoms with Gasteiger partial charge in [0, 0.05) is 6.08 Å². The molecule has 0 unspecified atom stereocenters. The predicted octanol–water partition coefficient (Wildman–Crippen LogP) is 0.606. The van der Waals surface area contributed by atoms with Crippen LogP contribution >= 0.6 is 0 Å². The highest BCUT2D eigenvalue weighted by molar-refractivity contribution is 5.12. The number of hydrogen-bond donors (Lipinski definition) is 0. The third-order valence-electron chi connectivity index (χ3n) is 1.34. The molecule has 0 bridgehead atoms. The van der Waals surface area contributed by atoms with Gasteiger partial charge in [0.1, 0.15) is 6.54 Å². The Balaban J connectivity index is 2.80. The van der Waals surface area contributed by atoms with Crippen LogP contribution in [-0.4, -0.2) is 23.4 Å². The van der Waals surface area contributed by atoms with E-state index in [-0.39, 0.29) is 10.7 Å². The smallest absolute Gasteiger partial charge is 0.318 e. The molecule has 1 aliphatic rings. The van der Waals surface area contributed by atoms with E-state index in [4.69, 9.17) is 0 Å². The summed E-state index contributed by atoms with van der Waals surface area (Å²) >= 11 is 0. The molecule has 54 valence electrons. The summed E-state index contributed by atoms with van der Waals surface area (Å²) in [5.41, 5.74) is 0. The van der Waals surface area contributed by atoms with Crippen molar-refractivity contribution in [2.24, 2.45) is 0 Å². The zero-order chi connectivity index (χ0) is 7.56. The second kappa shape index (κ2) is 2.51. The van der Waals surface area contributed by atoms with Gasteiger partial charge < -0.3 is 10.1 Å². The van der Waals surface area contributed by atoms with E-state index in [2.05, 4.69) is 0 Å². The first-order valence-corrected chi connectivity index (χ1v) is 2.94. The summed E-state index contributed by atoms with van der Waals surface area (Å²) in [6.07, 6.45) is 5.05. The van der Waals surface area contributed by atoms with Crippen LogP contribution in [0.5, 0.6) is 0 Å². The fourth-order valence-corrected chi connectivity index (χ4v) is 0.794. The second-order valence-corrected chi connectivity index (χ2v) is 2.09. The minimum Gasteiger partial charge on any atom is -0.358 e. The van der Waals surface area contributed by atoms with Gasteiger partial charge in [0.05, 0.1) is 7.05 Å². The van der Waals surface area contributed by atoms with Gasteiger partial charge in [0.15, 0.2) is 0 Å². The average Bonchev–Trinajstić information content (AvgIpc) is 1.88. The first-order valence-electron chi connectivity index (χ1n) is 2.94. The first-order chi connectivity index (χ1) is 4.72. The van der Waals surface area contributed by atoms with E-state index in [0.29, 0.717) is 6.54 Å². The van der Waals surface area contributed by atoms with Gasteiger partial charge in [-0.05, 0) is 11.0 Å². The molecule has 0 spiro atoms. The molecular formula is C6H8N2O2. The molecular weight excluding hydrogens is 132 g/mol. The summed E-state index contributed by atoms with van der Waals surface area (Å²) in [6.45, 7) is 0.618. The molecule has 0 aromatic carbocycles. The number of hydrogen-bond acceptors (Lipinski definition) is 3. The quantitative estimate of drug-likeness (QED) is 0.396. The predicted molar refractivity (Wildman–Crippen MR) is 36.8 cm³/mol. The monoisotopic (exact) mass is 140 g/mol. The van der Waals surface area contributed by atoms with Crippen molar-refractivity contribution in [2.75, 3.05) is 13.6 Å². The van der Waals surface area contributed by atoms with Crippen molar-refractivity contribution >= 4 is 0 Å². The van der Waals surface area contributed by atoms with Crippen LogP contribution in [0, 0.1) is 10.1 Å². The lowest BCUT2D eigenvalue weighted by Gasteiger charge is -2.13. The average molecular weight is 140 g/mol. The topological polar surface area (TPSA) is 46.4 Å². The van der Waals surface area contributed by atoms with Gasteiger partial charge in [-0.15, -0.1) is 0 Å². The van der Waals surface area contributed by atoms with Crippen molar-refractivity contribution in [3.63, 3.8) is 0 Å². The highest BCUT2D eigenvalue weighted by atomic mass is 16.6. The Hall–Kier alpha value is -1.32. The summed E-state index contributed by atoms with van der Waals surface area (Å²) < 4.78 is 0. The van der Waals surface area contributed by atoms with Gasteiger partial charge in [0.2, 0.25) is 0 Å². The van der Waals surface area contributed by atoms with Gasteiger partial charge in [-0.1, -0.05) is 6.08 Å². The Morgan fingerprint density at radius 3 is 2.90 bits per heavy atom. The van der Waals surface area contributed by atoms with E-state index in [1.165, 1.54) is 6.08 Å². The molecule has 1 rings (SSSR count). The molecule has 0 radical (unpaired) electrons. The molecule has 0 aromatic heterocycles. The summed E-state index contributed by atoms with van der Waals surface area (Å²) in [5, 5.41) is 10.2. The fraction of sp³-hybridized carbons (Fsp3) is 0.333. The van der Waals surface area contributed by atoms with Gasteiger partial charge in [-0.2, -0.15) is 0 Å². The maximum atomic E-state index is 10.2.